The zero-order valence-corrected chi connectivity index (χ0v) is 16.9. The smallest absolute Gasteiger partial charge is 0.316 e. The summed E-state index contributed by atoms with van der Waals surface area (Å²) in [5.74, 6) is 0.572. The van der Waals surface area contributed by atoms with Crippen LogP contribution in [0.15, 0.2) is 33.2 Å². The van der Waals surface area contributed by atoms with Crippen LogP contribution in [0.2, 0.25) is 0 Å². The molecule has 0 bridgehead atoms. The minimum atomic E-state index is 0.331. The molecule has 0 spiro atoms. The lowest BCUT2D eigenvalue weighted by molar-refractivity contribution is 0.380. The maximum Gasteiger partial charge on any atom is 0.316 e. The number of nitrogens with zero attached hydrogens (tertiary/aromatic N) is 5. The molecular weight excluding hydrogens is 382 g/mol. The number of aromatic nitrogens is 3. The zero-order chi connectivity index (χ0) is 19.3. The van der Waals surface area contributed by atoms with Gasteiger partial charge in [0.05, 0.1) is 18.7 Å². The summed E-state index contributed by atoms with van der Waals surface area (Å²) in [5, 5.41) is 10.9. The first-order valence-corrected chi connectivity index (χ1v) is 10.2. The van der Waals surface area contributed by atoms with Crippen LogP contribution in [0.4, 0.5) is 0 Å². The summed E-state index contributed by atoms with van der Waals surface area (Å²) in [6.07, 6.45) is 4.63. The van der Waals surface area contributed by atoms with E-state index in [1.807, 2.05) is 10.8 Å². The predicted octanol–water partition coefficient (Wildman–Crippen LogP) is 2.53. The lowest BCUT2D eigenvalue weighted by atomic mass is 10.3. The quantitative estimate of drug-likeness (QED) is 0.540. The molecule has 3 heterocycles. The Morgan fingerprint density at radius 3 is 2.59 bits per heavy atom. The molecule has 0 atom stereocenters. The van der Waals surface area contributed by atoms with E-state index < -0.39 is 0 Å². The molecule has 2 aromatic rings. The summed E-state index contributed by atoms with van der Waals surface area (Å²) >= 11 is 2.98. The molecule has 2 aromatic heterocycles. The van der Waals surface area contributed by atoms with Gasteiger partial charge in [0, 0.05) is 35.4 Å². The Morgan fingerprint density at radius 1 is 1.33 bits per heavy atom. The number of nitrogens with one attached hydrogen (secondary N) is 2. The molecule has 3 rings (SSSR count). The number of rotatable bonds is 7. The number of hydrogen-bond donors (Lipinski definition) is 2. The van der Waals surface area contributed by atoms with Gasteiger partial charge >= 0.3 is 6.01 Å². The number of thiazole rings is 1. The number of ether oxygens (including phenoxy) is 1. The SMILES string of the molecule is C1CNCNC1.C=NCS/C=C(\N=C)c1csc(-c2cnc(OC)nc2)n1. The normalized spacial score (nSPS) is 14.0. The highest BCUT2D eigenvalue weighted by molar-refractivity contribution is 8.02. The zero-order valence-electron chi connectivity index (χ0n) is 15.2. The average molecular weight is 406 g/mol. The van der Waals surface area contributed by atoms with Crippen LogP contribution < -0.4 is 15.4 Å². The van der Waals surface area contributed by atoms with Gasteiger partial charge in [0.25, 0.3) is 0 Å². The van der Waals surface area contributed by atoms with E-state index in [0.29, 0.717) is 17.6 Å². The van der Waals surface area contributed by atoms with Crippen molar-refractivity contribution in [1.82, 2.24) is 25.6 Å². The van der Waals surface area contributed by atoms with Crippen molar-refractivity contribution in [2.45, 2.75) is 6.42 Å². The molecule has 0 amide bonds. The predicted molar refractivity (Wildman–Crippen MR) is 115 cm³/mol. The van der Waals surface area contributed by atoms with Gasteiger partial charge in [-0.1, -0.05) is 0 Å². The minimum Gasteiger partial charge on any atom is -0.467 e. The van der Waals surface area contributed by atoms with E-state index in [4.69, 9.17) is 4.74 Å². The van der Waals surface area contributed by atoms with E-state index in [1.165, 1.54) is 49.7 Å². The first-order chi connectivity index (χ1) is 13.3. The van der Waals surface area contributed by atoms with Crippen LogP contribution in [-0.2, 0) is 0 Å². The molecule has 2 N–H and O–H groups in total. The van der Waals surface area contributed by atoms with E-state index in [9.17, 15) is 0 Å². The van der Waals surface area contributed by atoms with Gasteiger partial charge in [-0.05, 0) is 32.9 Å². The molecule has 1 aliphatic rings. The fraction of sp³-hybridized carbons (Fsp3) is 0.353. The lowest BCUT2D eigenvalue weighted by Gasteiger charge is -2.11. The Hall–Kier alpha value is -2.14. The van der Waals surface area contributed by atoms with Gasteiger partial charge in [-0.3, -0.25) is 9.98 Å². The Labute approximate surface area is 167 Å². The summed E-state index contributed by atoms with van der Waals surface area (Å²) in [5.41, 5.74) is 2.30. The van der Waals surface area contributed by atoms with E-state index in [2.05, 4.69) is 49.0 Å². The molecule has 0 aromatic carbocycles. The number of thioether (sulfide) groups is 1. The first kappa shape index (κ1) is 21.2. The van der Waals surface area contributed by atoms with Crippen molar-refractivity contribution in [3.05, 3.63) is 28.9 Å². The Morgan fingerprint density at radius 2 is 2.07 bits per heavy atom. The third-order valence-corrected chi connectivity index (χ3v) is 4.93. The van der Waals surface area contributed by atoms with Crippen molar-refractivity contribution in [3.63, 3.8) is 0 Å². The van der Waals surface area contributed by atoms with Gasteiger partial charge in [0.15, 0.2) is 0 Å². The van der Waals surface area contributed by atoms with Gasteiger partial charge in [-0.2, -0.15) is 0 Å². The molecule has 1 fully saturated rings. The average Bonchev–Trinajstić information content (AvgIpc) is 3.23. The van der Waals surface area contributed by atoms with Gasteiger partial charge < -0.3 is 15.4 Å². The maximum atomic E-state index is 4.93. The molecule has 8 nitrogen and oxygen atoms in total. The van der Waals surface area contributed by atoms with Crippen molar-refractivity contribution in [2.75, 3.05) is 32.7 Å². The van der Waals surface area contributed by atoms with Gasteiger partial charge in [0.1, 0.15) is 10.7 Å². The molecule has 27 heavy (non-hydrogen) atoms. The fourth-order valence-electron chi connectivity index (χ4n) is 2.01. The second kappa shape index (κ2) is 12.3. The number of aliphatic imine (C=N–C) groups is 2. The summed E-state index contributed by atoms with van der Waals surface area (Å²) in [6.45, 7) is 10.4. The molecule has 10 heteroatoms. The molecule has 0 unspecified atom stereocenters. The highest BCUT2D eigenvalue weighted by Crippen LogP contribution is 2.27. The van der Waals surface area contributed by atoms with Gasteiger partial charge in [-0.25, -0.2) is 15.0 Å². The monoisotopic (exact) mass is 405 g/mol. The second-order valence-electron chi connectivity index (χ2n) is 5.21. The summed E-state index contributed by atoms with van der Waals surface area (Å²) in [7, 11) is 1.53. The molecule has 0 radical (unpaired) electrons. The summed E-state index contributed by atoms with van der Waals surface area (Å²) < 4.78 is 4.93. The number of methoxy groups -OCH3 is 1. The van der Waals surface area contributed by atoms with Crippen LogP contribution in [0.1, 0.15) is 12.1 Å². The maximum absolute atomic E-state index is 4.93. The van der Waals surface area contributed by atoms with E-state index in [1.54, 1.807) is 12.4 Å². The molecule has 1 saturated heterocycles. The summed E-state index contributed by atoms with van der Waals surface area (Å²) in [6, 6.07) is 0.331. The largest absolute Gasteiger partial charge is 0.467 e. The molecule has 0 aliphatic carbocycles. The third kappa shape index (κ3) is 7.18. The first-order valence-electron chi connectivity index (χ1n) is 8.23. The highest BCUT2D eigenvalue weighted by atomic mass is 32.2. The van der Waals surface area contributed by atoms with Crippen molar-refractivity contribution in [1.29, 1.82) is 0 Å². The lowest BCUT2D eigenvalue weighted by Crippen LogP contribution is -2.37. The Bertz CT molecular complexity index is 730. The summed E-state index contributed by atoms with van der Waals surface area (Å²) in [4.78, 5) is 20.4. The molecular formula is C17H23N7OS2. The Kier molecular flexibility index (Phi) is 9.63. The van der Waals surface area contributed by atoms with E-state index in [0.717, 1.165) is 22.9 Å². The van der Waals surface area contributed by atoms with Crippen LogP contribution in [-0.4, -0.2) is 61.1 Å². The van der Waals surface area contributed by atoms with Crippen molar-refractivity contribution in [3.8, 4) is 16.6 Å². The molecule has 0 saturated carbocycles. The second-order valence-corrected chi connectivity index (χ2v) is 6.89. The number of hydrogen-bond acceptors (Lipinski definition) is 10. The van der Waals surface area contributed by atoms with Crippen LogP contribution in [0.3, 0.4) is 0 Å². The van der Waals surface area contributed by atoms with Crippen LogP contribution in [0.5, 0.6) is 6.01 Å². The topological polar surface area (TPSA) is 96.7 Å². The van der Waals surface area contributed by atoms with Crippen molar-refractivity contribution in [2.24, 2.45) is 9.98 Å². The fourth-order valence-corrected chi connectivity index (χ4v) is 3.33. The highest BCUT2D eigenvalue weighted by Gasteiger charge is 2.09. The van der Waals surface area contributed by atoms with Crippen molar-refractivity contribution >= 4 is 42.2 Å². The third-order valence-electron chi connectivity index (χ3n) is 3.31. The van der Waals surface area contributed by atoms with E-state index >= 15 is 0 Å². The molecule has 144 valence electrons. The molecule has 1 aliphatic heterocycles. The van der Waals surface area contributed by atoms with Crippen LogP contribution >= 0.6 is 23.1 Å². The Balaban J connectivity index is 0.000000369. The van der Waals surface area contributed by atoms with Gasteiger partial charge in [0.2, 0.25) is 0 Å². The van der Waals surface area contributed by atoms with Crippen LogP contribution in [0.25, 0.3) is 16.3 Å². The van der Waals surface area contributed by atoms with Gasteiger partial charge in [-0.15, -0.1) is 23.1 Å². The van der Waals surface area contributed by atoms with Crippen LogP contribution in [0, 0.1) is 0 Å². The minimum absolute atomic E-state index is 0.331. The standard InChI is InChI=1S/C13H13N5OS2.C4H10N2/c1-14-8-20-6-10(15-2)11-7-21-12(18-11)9-4-16-13(19-3)17-5-9;1-2-5-4-6-3-1/h4-7H,1-2,8H2,3H3;5-6H,1-4H2/b10-6-;. The van der Waals surface area contributed by atoms with E-state index in [-0.39, 0.29) is 0 Å². The van der Waals surface area contributed by atoms with Crippen molar-refractivity contribution < 1.29 is 4.74 Å².